The quantitative estimate of drug-likeness (QED) is 0.779. The summed E-state index contributed by atoms with van der Waals surface area (Å²) in [5.41, 5.74) is 1.10. The molecule has 0 atom stereocenters. The maximum Gasteiger partial charge on any atom is 0.253 e. The zero-order valence-electron chi connectivity index (χ0n) is 11.0. The highest BCUT2D eigenvalue weighted by atomic mass is 32.2. The van der Waals surface area contributed by atoms with E-state index in [1.54, 1.807) is 19.1 Å². The Labute approximate surface area is 112 Å². The molecule has 0 unspecified atom stereocenters. The summed E-state index contributed by atoms with van der Waals surface area (Å²) >= 11 is 1.89. The van der Waals surface area contributed by atoms with Gasteiger partial charge in [-0.15, -0.1) is 0 Å². The smallest absolute Gasteiger partial charge is 0.253 e. The lowest BCUT2D eigenvalue weighted by atomic mass is 10.1. The molecule has 0 radical (unpaired) electrons. The molecule has 1 aliphatic heterocycles. The molecule has 0 saturated carbocycles. The van der Waals surface area contributed by atoms with Crippen LogP contribution in [0.4, 0.5) is 4.39 Å². The van der Waals surface area contributed by atoms with E-state index in [1.807, 2.05) is 16.7 Å². The third-order valence-electron chi connectivity index (χ3n) is 3.12. The SMILES string of the molecule is Cc1cc(C(=O)N2CCSC(C)(C)C2)ccc1F. The van der Waals surface area contributed by atoms with E-state index in [1.165, 1.54) is 6.07 Å². The molecule has 18 heavy (non-hydrogen) atoms. The van der Waals surface area contributed by atoms with Gasteiger partial charge in [0.2, 0.25) is 0 Å². The first-order chi connectivity index (χ1) is 8.39. The second-order valence-electron chi connectivity index (χ2n) is 5.30. The molecular weight excluding hydrogens is 249 g/mol. The first-order valence-electron chi connectivity index (χ1n) is 6.08. The number of rotatable bonds is 1. The van der Waals surface area contributed by atoms with Crippen molar-refractivity contribution in [2.45, 2.75) is 25.5 Å². The molecule has 1 heterocycles. The number of hydrogen-bond acceptors (Lipinski definition) is 2. The van der Waals surface area contributed by atoms with Crippen molar-refractivity contribution in [3.8, 4) is 0 Å². The number of benzene rings is 1. The Morgan fingerprint density at radius 1 is 1.44 bits per heavy atom. The first kappa shape index (κ1) is 13.4. The predicted molar refractivity (Wildman–Crippen MR) is 73.6 cm³/mol. The highest BCUT2D eigenvalue weighted by molar-refractivity contribution is 8.00. The Morgan fingerprint density at radius 2 is 2.17 bits per heavy atom. The van der Waals surface area contributed by atoms with Crippen LogP contribution in [0.15, 0.2) is 18.2 Å². The zero-order chi connectivity index (χ0) is 13.3. The maximum atomic E-state index is 13.2. The minimum absolute atomic E-state index is 0.00600. The lowest BCUT2D eigenvalue weighted by Crippen LogP contribution is -2.46. The van der Waals surface area contributed by atoms with Crippen LogP contribution in [0.2, 0.25) is 0 Å². The Hall–Kier alpha value is -1.03. The molecule has 0 spiro atoms. The van der Waals surface area contributed by atoms with Gasteiger partial charge in [0.25, 0.3) is 5.91 Å². The Morgan fingerprint density at radius 3 is 2.78 bits per heavy atom. The normalized spacial score (nSPS) is 18.8. The van der Waals surface area contributed by atoms with Gasteiger partial charge in [-0.1, -0.05) is 0 Å². The fraction of sp³-hybridized carbons (Fsp3) is 0.500. The van der Waals surface area contributed by atoms with Crippen molar-refractivity contribution >= 4 is 17.7 Å². The number of thioether (sulfide) groups is 1. The molecule has 0 N–H and O–H groups in total. The van der Waals surface area contributed by atoms with Crippen LogP contribution >= 0.6 is 11.8 Å². The van der Waals surface area contributed by atoms with E-state index in [0.717, 1.165) is 18.8 Å². The van der Waals surface area contributed by atoms with E-state index in [0.29, 0.717) is 11.1 Å². The van der Waals surface area contributed by atoms with Crippen LogP contribution in [0.5, 0.6) is 0 Å². The van der Waals surface area contributed by atoms with Crippen molar-refractivity contribution in [2.75, 3.05) is 18.8 Å². The standard InChI is InChI=1S/C14H18FNOS/c1-10-8-11(4-5-12(10)15)13(17)16-6-7-18-14(2,3)9-16/h4-5,8H,6-7,9H2,1-3H3. The van der Waals surface area contributed by atoms with Crippen LogP contribution in [0.25, 0.3) is 0 Å². The molecule has 1 amide bonds. The van der Waals surface area contributed by atoms with Crippen molar-refractivity contribution < 1.29 is 9.18 Å². The number of aryl methyl sites for hydroxylation is 1. The number of hydrogen-bond donors (Lipinski definition) is 0. The summed E-state index contributed by atoms with van der Waals surface area (Å²) < 4.78 is 13.3. The lowest BCUT2D eigenvalue weighted by Gasteiger charge is -2.37. The monoisotopic (exact) mass is 267 g/mol. The first-order valence-corrected chi connectivity index (χ1v) is 7.07. The summed E-state index contributed by atoms with van der Waals surface area (Å²) in [6, 6.07) is 4.57. The van der Waals surface area contributed by atoms with E-state index in [9.17, 15) is 9.18 Å². The summed E-state index contributed by atoms with van der Waals surface area (Å²) in [5.74, 6) is 0.700. The van der Waals surface area contributed by atoms with Gasteiger partial charge in [0.15, 0.2) is 0 Å². The Bertz CT molecular complexity index is 473. The van der Waals surface area contributed by atoms with Crippen molar-refractivity contribution in [3.05, 3.63) is 35.1 Å². The average Bonchev–Trinajstić information content (AvgIpc) is 2.30. The summed E-state index contributed by atoms with van der Waals surface area (Å²) in [4.78, 5) is 14.2. The predicted octanol–water partition coefficient (Wildman–Crippen LogP) is 3.10. The van der Waals surface area contributed by atoms with Gasteiger partial charge in [-0.3, -0.25) is 4.79 Å². The summed E-state index contributed by atoms with van der Waals surface area (Å²) in [5, 5.41) is 0. The Balaban J connectivity index is 2.18. The lowest BCUT2D eigenvalue weighted by molar-refractivity contribution is 0.0748. The molecule has 4 heteroatoms. The highest BCUT2D eigenvalue weighted by Gasteiger charge is 2.30. The zero-order valence-corrected chi connectivity index (χ0v) is 11.8. The van der Waals surface area contributed by atoms with E-state index in [2.05, 4.69) is 13.8 Å². The van der Waals surface area contributed by atoms with E-state index in [4.69, 9.17) is 0 Å². The van der Waals surface area contributed by atoms with E-state index in [-0.39, 0.29) is 16.5 Å². The van der Waals surface area contributed by atoms with Crippen LogP contribution in [-0.4, -0.2) is 34.4 Å². The van der Waals surface area contributed by atoms with Gasteiger partial charge in [0.1, 0.15) is 5.82 Å². The third-order valence-corrected chi connectivity index (χ3v) is 4.42. The molecule has 1 aromatic rings. The number of carbonyl (C=O) groups is 1. The van der Waals surface area contributed by atoms with Crippen LogP contribution in [0.3, 0.4) is 0 Å². The number of carbonyl (C=O) groups excluding carboxylic acids is 1. The molecule has 0 aromatic heterocycles. The van der Waals surface area contributed by atoms with Gasteiger partial charge in [0.05, 0.1) is 0 Å². The van der Waals surface area contributed by atoms with Crippen molar-refractivity contribution in [2.24, 2.45) is 0 Å². The van der Waals surface area contributed by atoms with Gasteiger partial charge in [-0.2, -0.15) is 11.8 Å². The molecule has 1 aromatic carbocycles. The molecule has 1 saturated heterocycles. The summed E-state index contributed by atoms with van der Waals surface area (Å²) in [7, 11) is 0. The van der Waals surface area contributed by atoms with E-state index < -0.39 is 0 Å². The molecular formula is C14H18FNOS. The maximum absolute atomic E-state index is 13.2. The fourth-order valence-corrected chi connectivity index (χ4v) is 3.26. The third kappa shape index (κ3) is 2.86. The van der Waals surface area contributed by atoms with Gasteiger partial charge < -0.3 is 4.90 Å². The molecule has 98 valence electrons. The van der Waals surface area contributed by atoms with Crippen molar-refractivity contribution in [1.82, 2.24) is 4.90 Å². The minimum atomic E-state index is -0.263. The number of amides is 1. The van der Waals surface area contributed by atoms with Crippen LogP contribution in [0, 0.1) is 12.7 Å². The average molecular weight is 267 g/mol. The molecule has 2 nitrogen and oxygen atoms in total. The summed E-state index contributed by atoms with van der Waals surface area (Å²) in [6.45, 7) is 7.48. The van der Waals surface area contributed by atoms with Crippen LogP contribution < -0.4 is 0 Å². The fourth-order valence-electron chi connectivity index (χ4n) is 2.15. The molecule has 1 fully saturated rings. The highest BCUT2D eigenvalue weighted by Crippen LogP contribution is 2.30. The van der Waals surface area contributed by atoms with E-state index >= 15 is 0 Å². The Kier molecular flexibility index (Phi) is 3.66. The minimum Gasteiger partial charge on any atom is -0.336 e. The van der Waals surface area contributed by atoms with Gasteiger partial charge in [0, 0.05) is 29.2 Å². The number of halogens is 1. The largest absolute Gasteiger partial charge is 0.336 e. The second kappa shape index (κ2) is 4.92. The van der Waals surface area contributed by atoms with Crippen molar-refractivity contribution in [3.63, 3.8) is 0 Å². The van der Waals surface area contributed by atoms with Crippen molar-refractivity contribution in [1.29, 1.82) is 0 Å². The van der Waals surface area contributed by atoms with Gasteiger partial charge in [-0.05, 0) is 44.5 Å². The molecule has 2 rings (SSSR count). The molecule has 1 aliphatic rings. The summed E-state index contributed by atoms with van der Waals surface area (Å²) in [6.07, 6.45) is 0. The second-order valence-corrected chi connectivity index (χ2v) is 7.10. The topological polar surface area (TPSA) is 20.3 Å². The molecule has 0 aliphatic carbocycles. The van der Waals surface area contributed by atoms with Gasteiger partial charge in [-0.25, -0.2) is 4.39 Å². The number of nitrogens with zero attached hydrogens (tertiary/aromatic N) is 1. The van der Waals surface area contributed by atoms with Crippen LogP contribution in [0.1, 0.15) is 29.8 Å². The molecule has 0 bridgehead atoms. The van der Waals surface area contributed by atoms with Gasteiger partial charge >= 0.3 is 0 Å². The van der Waals surface area contributed by atoms with Crippen LogP contribution in [-0.2, 0) is 0 Å².